The molecule has 1 heterocycles. The quantitative estimate of drug-likeness (QED) is 0.907. The topological polar surface area (TPSA) is 64.4 Å². The normalized spacial score (nSPS) is 10.3. The number of ether oxygens (including phenoxy) is 1. The minimum absolute atomic E-state index is 0.0806. The third kappa shape index (κ3) is 3.38. The average Bonchev–Trinajstić information content (AvgIpc) is 2.75. The summed E-state index contributed by atoms with van der Waals surface area (Å²) in [7, 11) is 1.59. The minimum Gasteiger partial charge on any atom is -0.496 e. The maximum atomic E-state index is 11.9. The number of nitrogens with one attached hydrogen (secondary N) is 1. The Morgan fingerprint density at radius 1 is 1.35 bits per heavy atom. The van der Waals surface area contributed by atoms with Gasteiger partial charge in [-0.25, -0.2) is 4.98 Å². The molecule has 1 amide bonds. The van der Waals surface area contributed by atoms with Gasteiger partial charge in [0.15, 0.2) is 5.89 Å². The summed E-state index contributed by atoms with van der Waals surface area (Å²) >= 11 is 0. The monoisotopic (exact) mass is 274 g/mol. The van der Waals surface area contributed by atoms with Gasteiger partial charge < -0.3 is 14.5 Å². The zero-order valence-electron chi connectivity index (χ0n) is 11.9. The van der Waals surface area contributed by atoms with Crippen LogP contribution < -0.4 is 10.1 Å². The van der Waals surface area contributed by atoms with Crippen LogP contribution in [0.1, 0.15) is 22.9 Å². The van der Waals surface area contributed by atoms with Gasteiger partial charge >= 0.3 is 0 Å². The summed E-state index contributed by atoms with van der Waals surface area (Å²) < 4.78 is 10.6. The van der Waals surface area contributed by atoms with Gasteiger partial charge in [0.25, 0.3) is 0 Å². The van der Waals surface area contributed by atoms with Crippen molar-refractivity contribution in [2.75, 3.05) is 7.11 Å². The molecule has 106 valence electrons. The molecule has 0 fully saturated rings. The fourth-order valence-electron chi connectivity index (χ4n) is 2.00. The van der Waals surface area contributed by atoms with E-state index in [1.807, 2.05) is 31.2 Å². The summed E-state index contributed by atoms with van der Waals surface area (Å²) in [4.78, 5) is 16.1. The highest BCUT2D eigenvalue weighted by atomic mass is 16.5. The number of benzene rings is 1. The van der Waals surface area contributed by atoms with E-state index in [0.29, 0.717) is 23.9 Å². The highest BCUT2D eigenvalue weighted by molar-refractivity contribution is 5.79. The summed E-state index contributed by atoms with van der Waals surface area (Å²) in [5.41, 5.74) is 1.66. The van der Waals surface area contributed by atoms with Crippen molar-refractivity contribution in [2.45, 2.75) is 26.8 Å². The second-order valence-corrected chi connectivity index (χ2v) is 4.51. The number of hydrogen-bond acceptors (Lipinski definition) is 4. The van der Waals surface area contributed by atoms with Crippen molar-refractivity contribution in [3.63, 3.8) is 0 Å². The van der Waals surface area contributed by atoms with Gasteiger partial charge in [0, 0.05) is 12.5 Å². The first-order valence-corrected chi connectivity index (χ1v) is 6.41. The van der Waals surface area contributed by atoms with E-state index in [1.165, 1.54) is 0 Å². The second-order valence-electron chi connectivity index (χ2n) is 4.51. The lowest BCUT2D eigenvalue weighted by molar-refractivity contribution is -0.120. The molecule has 0 aliphatic carbocycles. The molecule has 0 unspecified atom stereocenters. The van der Waals surface area contributed by atoms with Crippen LogP contribution in [-0.2, 0) is 17.8 Å². The zero-order valence-corrected chi connectivity index (χ0v) is 11.9. The molecule has 1 N–H and O–H groups in total. The molecule has 0 saturated heterocycles. The van der Waals surface area contributed by atoms with E-state index in [2.05, 4.69) is 10.3 Å². The minimum atomic E-state index is -0.0806. The number of hydrogen-bond donors (Lipinski definition) is 1. The van der Waals surface area contributed by atoms with Crippen LogP contribution in [0, 0.1) is 13.8 Å². The van der Waals surface area contributed by atoms with Crippen LogP contribution >= 0.6 is 0 Å². The van der Waals surface area contributed by atoms with Gasteiger partial charge in [-0.3, -0.25) is 4.79 Å². The molecule has 0 saturated carbocycles. The van der Waals surface area contributed by atoms with E-state index >= 15 is 0 Å². The van der Waals surface area contributed by atoms with E-state index in [9.17, 15) is 4.79 Å². The van der Waals surface area contributed by atoms with Crippen molar-refractivity contribution >= 4 is 5.91 Å². The molecular weight excluding hydrogens is 256 g/mol. The van der Waals surface area contributed by atoms with Crippen molar-refractivity contribution < 1.29 is 13.9 Å². The van der Waals surface area contributed by atoms with Crippen molar-refractivity contribution in [1.29, 1.82) is 0 Å². The molecule has 5 heteroatoms. The highest BCUT2D eigenvalue weighted by Crippen LogP contribution is 2.17. The number of amides is 1. The molecule has 0 aliphatic rings. The summed E-state index contributed by atoms with van der Waals surface area (Å²) in [6, 6.07) is 7.48. The largest absolute Gasteiger partial charge is 0.496 e. The Bertz CT molecular complexity index is 605. The maximum absolute atomic E-state index is 11.9. The Balaban J connectivity index is 1.94. The van der Waals surface area contributed by atoms with E-state index < -0.39 is 0 Å². The number of nitrogens with zero attached hydrogens (tertiary/aromatic N) is 1. The van der Waals surface area contributed by atoms with Crippen LogP contribution in [0.3, 0.4) is 0 Å². The molecule has 1 aromatic heterocycles. The van der Waals surface area contributed by atoms with E-state index in [4.69, 9.17) is 9.15 Å². The lowest BCUT2D eigenvalue weighted by atomic mass is 10.1. The SMILES string of the molecule is COc1ccccc1CC(=O)NCc1oc(C)nc1C. The van der Waals surface area contributed by atoms with Gasteiger partial charge in [0.2, 0.25) is 5.91 Å². The van der Waals surface area contributed by atoms with Crippen LogP contribution in [0.5, 0.6) is 5.75 Å². The first kappa shape index (κ1) is 14.1. The number of para-hydroxylation sites is 1. The van der Waals surface area contributed by atoms with Gasteiger partial charge in [-0.05, 0) is 13.0 Å². The number of rotatable bonds is 5. The molecule has 0 atom stereocenters. The molecule has 0 bridgehead atoms. The van der Waals surface area contributed by atoms with Gasteiger partial charge in [0.1, 0.15) is 11.5 Å². The standard InChI is InChI=1S/C15H18N2O3/c1-10-14(20-11(2)17-10)9-16-15(18)8-12-6-4-5-7-13(12)19-3/h4-7H,8-9H2,1-3H3,(H,16,18). The predicted octanol–water partition coefficient (Wildman–Crippen LogP) is 2.16. The number of aryl methyl sites for hydroxylation is 2. The number of carbonyl (C=O) groups is 1. The van der Waals surface area contributed by atoms with Crippen LogP contribution in [0.2, 0.25) is 0 Å². The molecule has 2 rings (SSSR count). The number of oxazole rings is 1. The summed E-state index contributed by atoms with van der Waals surface area (Å²) in [6.45, 7) is 3.99. The highest BCUT2D eigenvalue weighted by Gasteiger charge is 2.11. The van der Waals surface area contributed by atoms with E-state index in [-0.39, 0.29) is 12.3 Å². The van der Waals surface area contributed by atoms with Crippen molar-refractivity contribution in [3.8, 4) is 5.75 Å². The summed E-state index contributed by atoms with van der Waals surface area (Å²) in [5, 5.41) is 2.82. The van der Waals surface area contributed by atoms with Gasteiger partial charge in [-0.2, -0.15) is 0 Å². The molecule has 0 spiro atoms. The first-order chi connectivity index (χ1) is 9.60. The molecule has 2 aromatic rings. The Morgan fingerprint density at radius 3 is 2.75 bits per heavy atom. The summed E-state index contributed by atoms with van der Waals surface area (Å²) in [6.07, 6.45) is 0.274. The lowest BCUT2D eigenvalue weighted by Gasteiger charge is -2.08. The predicted molar refractivity (Wildman–Crippen MR) is 74.5 cm³/mol. The van der Waals surface area contributed by atoms with Crippen LogP contribution in [0.15, 0.2) is 28.7 Å². The smallest absolute Gasteiger partial charge is 0.224 e. The van der Waals surface area contributed by atoms with Gasteiger partial charge in [-0.15, -0.1) is 0 Å². The maximum Gasteiger partial charge on any atom is 0.224 e. The average molecular weight is 274 g/mol. The molecule has 0 radical (unpaired) electrons. The zero-order chi connectivity index (χ0) is 14.5. The van der Waals surface area contributed by atoms with Gasteiger partial charge in [-0.1, -0.05) is 18.2 Å². The Morgan fingerprint density at radius 2 is 2.10 bits per heavy atom. The van der Waals surface area contributed by atoms with Crippen LogP contribution in [-0.4, -0.2) is 18.0 Å². The Kier molecular flexibility index (Phi) is 4.40. The number of carbonyl (C=O) groups excluding carboxylic acids is 1. The molecular formula is C15H18N2O3. The molecule has 1 aromatic carbocycles. The van der Waals surface area contributed by atoms with Gasteiger partial charge in [0.05, 0.1) is 25.8 Å². The van der Waals surface area contributed by atoms with Crippen molar-refractivity contribution in [3.05, 3.63) is 47.2 Å². The number of methoxy groups -OCH3 is 1. The molecule has 20 heavy (non-hydrogen) atoms. The van der Waals surface area contributed by atoms with E-state index in [0.717, 1.165) is 11.3 Å². The summed E-state index contributed by atoms with van der Waals surface area (Å²) in [5.74, 6) is 1.93. The van der Waals surface area contributed by atoms with E-state index in [1.54, 1.807) is 14.0 Å². The fourth-order valence-corrected chi connectivity index (χ4v) is 2.00. The lowest BCUT2D eigenvalue weighted by Crippen LogP contribution is -2.24. The molecule has 0 aliphatic heterocycles. The third-order valence-corrected chi connectivity index (χ3v) is 2.99. The third-order valence-electron chi connectivity index (χ3n) is 2.99. The van der Waals surface area contributed by atoms with Crippen LogP contribution in [0.4, 0.5) is 0 Å². The Hall–Kier alpha value is -2.30. The second kappa shape index (κ2) is 6.23. The Labute approximate surface area is 118 Å². The van der Waals surface area contributed by atoms with Crippen molar-refractivity contribution in [1.82, 2.24) is 10.3 Å². The molecule has 5 nitrogen and oxygen atoms in total. The fraction of sp³-hybridized carbons (Fsp3) is 0.333. The first-order valence-electron chi connectivity index (χ1n) is 6.41. The van der Waals surface area contributed by atoms with Crippen LogP contribution in [0.25, 0.3) is 0 Å². The number of aromatic nitrogens is 1. The van der Waals surface area contributed by atoms with Crippen molar-refractivity contribution in [2.24, 2.45) is 0 Å².